The Morgan fingerprint density at radius 3 is 1.83 bits per heavy atom. The van der Waals surface area contributed by atoms with Gasteiger partial charge in [-0.3, -0.25) is 42.7 Å². The van der Waals surface area contributed by atoms with E-state index in [2.05, 4.69) is 120 Å². The Morgan fingerprint density at radius 2 is 1.17 bits per heavy atom. The molecule has 0 spiro atoms. The molecular weight excluding hydrogens is 1660 g/mol. The number of piperazine rings is 1. The third-order valence-corrected chi connectivity index (χ3v) is 24.7. The van der Waals surface area contributed by atoms with Gasteiger partial charge in [-0.25, -0.2) is 39.3 Å². The van der Waals surface area contributed by atoms with Crippen molar-refractivity contribution < 1.29 is 9.13 Å². The van der Waals surface area contributed by atoms with Gasteiger partial charge < -0.3 is 60.8 Å². The molecule has 6 N–H and O–H groups in total. The fourth-order valence-corrected chi connectivity index (χ4v) is 17.5. The van der Waals surface area contributed by atoms with Crippen molar-refractivity contribution in [1.29, 1.82) is 0 Å². The van der Waals surface area contributed by atoms with Crippen molar-refractivity contribution in [2.45, 2.75) is 77.5 Å². The zero-order valence-electron chi connectivity index (χ0n) is 75.3. The van der Waals surface area contributed by atoms with E-state index in [0.29, 0.717) is 147 Å². The molecule has 0 radical (unpaired) electrons. The highest BCUT2D eigenvalue weighted by Crippen LogP contribution is 2.35. The first-order valence-electron chi connectivity index (χ1n) is 44.6. The monoisotopic (exact) mass is 1770 g/mol. The summed E-state index contributed by atoms with van der Waals surface area (Å²) in [4.78, 5) is 107. The van der Waals surface area contributed by atoms with Crippen LogP contribution in [0.4, 0.5) is 56.4 Å². The van der Waals surface area contributed by atoms with E-state index in [1.807, 2.05) is 186 Å². The summed E-state index contributed by atoms with van der Waals surface area (Å²) in [7, 11) is 12.1. The molecule has 16 aromatic rings. The lowest BCUT2D eigenvalue weighted by atomic mass is 10.0. The second-order valence-corrected chi connectivity index (χ2v) is 34.1. The molecule has 20 rings (SSSR count). The van der Waals surface area contributed by atoms with Crippen LogP contribution in [-0.4, -0.2) is 210 Å². The van der Waals surface area contributed by atoms with E-state index >= 15 is 4.39 Å². The van der Waals surface area contributed by atoms with Gasteiger partial charge in [0.1, 0.15) is 22.8 Å². The fourth-order valence-electron chi connectivity index (χ4n) is 17.5. The first-order valence-corrected chi connectivity index (χ1v) is 44.6. The largest absolute Gasteiger partial charge is 0.381 e. The number of anilines is 9. The van der Waals surface area contributed by atoms with E-state index in [0.717, 1.165) is 127 Å². The van der Waals surface area contributed by atoms with Gasteiger partial charge in [-0.05, 0) is 233 Å². The molecule has 4 fully saturated rings. The van der Waals surface area contributed by atoms with Gasteiger partial charge in [0.05, 0.1) is 52.2 Å². The molecule has 0 bridgehead atoms. The molecule has 4 saturated heterocycles. The molecule has 0 aliphatic carbocycles. The number of pyridine rings is 5. The SMILES string of the molecule is Cc1cnc(-c2cccn2C)nc1-c1cc2cnc(Nc3ccc(N(C)C4CCNCC4)cc3)nc2n(CCN(C)C)c1=O.Cc1nc(-c2ccncc2)ccc1-c1cc2cnc(Nc3ccc(N4CCNCC4)c(F)c3)nc2n(C2CCOC2)c1=O.Cc1nc(-c2ccnn2C)ncc1-c1cc2cnc(Nc3ccc(NC4CCCN(C)C4)cc3)nc2n(-c2ccccc2)c1=O. The molecular formula is C99H105FN28O4. The third kappa shape index (κ3) is 19.4. The number of ether oxygens (including phenoxy) is 1. The van der Waals surface area contributed by atoms with Gasteiger partial charge >= 0.3 is 0 Å². The number of nitrogens with one attached hydrogen (secondary N) is 6. The summed E-state index contributed by atoms with van der Waals surface area (Å²) in [6.07, 6.45) is 21.1. The number of para-hydroxylation sites is 1. The standard InChI is InChI=1S/C34H34N10O.C33H40N10O.C32H31FN8O2/c1-22-29(20-35-31(38-22)30-15-16-37-43(30)3)28-18-23-19-36-34(41-32(23)44(33(28)45)27-9-5-4-6-10-27)40-25-13-11-24(12-14-25)39-26-8-7-17-42(2)21-26;1-22-20-35-30(28-7-6-16-41(28)4)38-29(22)27-19-23-21-36-33(39-31(23)43(32(27)44)18-17-40(2)3)37-24-8-10-25(11-9-24)42(5)26-12-14-34-15-13-26;1-20-25(3-4-28(37-20)21-6-9-34-10-7-21)26-16-22-18-36-32(39-30(22)41(31(26)42)24-8-15-43-19-24)38-23-2-5-29(27(33)17-23)40-13-11-35-12-14-40/h4-6,9-16,18-20,26,39H,7-8,17,21H2,1-3H3,(H,36,40,41);6-11,16,19-21,26,34H,12-15,17-18H2,1-5H3,(H,36,37,39);2-7,9-10,16-18,24,35H,8,11-15,19H2,1H3,(H,36,38,39). The summed E-state index contributed by atoms with van der Waals surface area (Å²) in [6, 6.07) is 50.8. The van der Waals surface area contributed by atoms with Crippen LogP contribution in [-0.2, 0) is 25.4 Å². The number of likely N-dealkylation sites (N-methyl/N-ethyl adjacent to an activating group) is 2. The molecule has 4 aliphatic heterocycles. The minimum Gasteiger partial charge on any atom is -0.381 e. The van der Waals surface area contributed by atoms with Crippen molar-refractivity contribution in [2.75, 3.05) is 131 Å². The number of fused-ring (bicyclic) bond motifs is 3. The first kappa shape index (κ1) is 87.9. The highest BCUT2D eigenvalue weighted by molar-refractivity contribution is 5.86. The Balaban J connectivity index is 0.000000133. The molecule has 2 atom stereocenters. The van der Waals surface area contributed by atoms with Gasteiger partial charge in [0.15, 0.2) is 17.3 Å². The summed E-state index contributed by atoms with van der Waals surface area (Å²) in [5.41, 5.74) is 16.1. The molecule has 32 nitrogen and oxygen atoms in total. The summed E-state index contributed by atoms with van der Waals surface area (Å²) in [5.74, 6) is 1.92. The minimum atomic E-state index is -0.309. The number of aromatic nitrogens is 18. The average molecular weight is 1770 g/mol. The Labute approximate surface area is 762 Å². The fraction of sp³-hybridized carbons (Fsp3) is 0.293. The number of hydrogen-bond donors (Lipinski definition) is 6. The number of halogens is 1. The molecule has 672 valence electrons. The third-order valence-electron chi connectivity index (χ3n) is 24.7. The molecule has 33 heteroatoms. The number of likely N-dealkylation sites (tertiary alicyclic amines) is 1. The lowest BCUT2D eigenvalue weighted by molar-refractivity contribution is 0.186. The predicted octanol–water partition coefficient (Wildman–Crippen LogP) is 13.7. The van der Waals surface area contributed by atoms with Gasteiger partial charge in [-0.2, -0.15) is 20.1 Å². The van der Waals surface area contributed by atoms with Crippen molar-refractivity contribution in [2.24, 2.45) is 14.1 Å². The maximum atomic E-state index is 15.1. The van der Waals surface area contributed by atoms with Crippen molar-refractivity contribution in [3.63, 3.8) is 0 Å². The second-order valence-electron chi connectivity index (χ2n) is 34.1. The Bertz CT molecular complexity index is 7030. The topological polar surface area (TPSA) is 338 Å². The van der Waals surface area contributed by atoms with E-state index in [1.54, 1.807) is 74.0 Å². The highest BCUT2D eigenvalue weighted by atomic mass is 19.1. The van der Waals surface area contributed by atoms with Crippen molar-refractivity contribution >= 4 is 85.1 Å². The summed E-state index contributed by atoms with van der Waals surface area (Å²) in [6.45, 7) is 15.3. The number of rotatable bonds is 22. The Hall–Kier alpha value is -14.8. The minimum absolute atomic E-state index is 0.145. The molecule has 16 heterocycles. The van der Waals surface area contributed by atoms with Crippen LogP contribution in [0.25, 0.3) is 107 Å². The molecule has 4 aliphatic rings. The van der Waals surface area contributed by atoms with Crippen LogP contribution >= 0.6 is 0 Å². The van der Waals surface area contributed by atoms with Crippen molar-refractivity contribution in [1.82, 2.24) is 108 Å². The highest BCUT2D eigenvalue weighted by Gasteiger charge is 2.28. The lowest BCUT2D eigenvalue weighted by Crippen LogP contribution is -2.43. The molecule has 4 aromatic carbocycles. The Morgan fingerprint density at radius 1 is 0.538 bits per heavy atom. The lowest BCUT2D eigenvalue weighted by Gasteiger charge is -2.33. The summed E-state index contributed by atoms with van der Waals surface area (Å²) >= 11 is 0. The number of nitrogens with zero attached hydrogens (tertiary/aromatic N) is 22. The molecule has 132 heavy (non-hydrogen) atoms. The van der Waals surface area contributed by atoms with Crippen LogP contribution in [0.15, 0.2) is 228 Å². The zero-order chi connectivity index (χ0) is 91.0. The molecule has 12 aromatic heterocycles. The van der Waals surface area contributed by atoms with E-state index in [9.17, 15) is 14.4 Å². The average Bonchev–Trinajstić information content (AvgIpc) is 1.09. The molecule has 0 amide bonds. The van der Waals surface area contributed by atoms with Crippen molar-refractivity contribution in [3.8, 4) is 73.5 Å². The summed E-state index contributed by atoms with van der Waals surface area (Å²) < 4.78 is 29.5. The molecule has 2 unspecified atom stereocenters. The number of piperidine rings is 2. The maximum absolute atomic E-state index is 15.1. The first-order chi connectivity index (χ1) is 64.2. The van der Waals surface area contributed by atoms with E-state index < -0.39 is 0 Å². The van der Waals surface area contributed by atoms with Crippen LogP contribution in [0, 0.1) is 26.6 Å². The number of aryl methyl sites for hydroxylation is 5. The quantitative estimate of drug-likeness (QED) is 0.0367. The van der Waals surface area contributed by atoms with Crippen LogP contribution in [0.2, 0.25) is 0 Å². The van der Waals surface area contributed by atoms with E-state index in [-0.39, 0.29) is 34.5 Å². The maximum Gasteiger partial charge on any atom is 0.264 e. The zero-order valence-corrected chi connectivity index (χ0v) is 75.3. The van der Waals surface area contributed by atoms with Gasteiger partial charge in [0.25, 0.3) is 16.7 Å². The predicted molar refractivity (Wildman–Crippen MR) is 518 cm³/mol. The number of hydrogen-bond acceptors (Lipinski definition) is 27. The van der Waals surface area contributed by atoms with Gasteiger partial charge in [0, 0.05) is 220 Å². The van der Waals surface area contributed by atoms with Crippen LogP contribution in [0.1, 0.15) is 55.1 Å². The second kappa shape index (κ2) is 39.3. The van der Waals surface area contributed by atoms with Crippen molar-refractivity contribution in [3.05, 3.63) is 267 Å². The summed E-state index contributed by atoms with van der Waals surface area (Å²) in [5, 5.41) is 26.5. The van der Waals surface area contributed by atoms with Crippen LogP contribution < -0.4 is 58.4 Å². The molecule has 0 saturated carbocycles. The van der Waals surface area contributed by atoms with Gasteiger partial charge in [-0.1, -0.05) is 24.3 Å². The van der Waals surface area contributed by atoms with Crippen LogP contribution in [0.5, 0.6) is 0 Å². The van der Waals surface area contributed by atoms with E-state index in [1.165, 1.54) is 24.6 Å². The normalized spacial score (nSPS) is 15.4. The van der Waals surface area contributed by atoms with E-state index in [4.69, 9.17) is 34.6 Å². The van der Waals surface area contributed by atoms with Gasteiger partial charge in [0.2, 0.25) is 17.8 Å². The van der Waals surface area contributed by atoms with Crippen LogP contribution in [0.3, 0.4) is 0 Å². The number of benzene rings is 4. The Kier molecular flexibility index (Phi) is 26.2. The smallest absolute Gasteiger partial charge is 0.264 e. The van der Waals surface area contributed by atoms with Gasteiger partial charge in [-0.15, -0.1) is 0 Å².